The summed E-state index contributed by atoms with van der Waals surface area (Å²) in [7, 11) is 1.97. The summed E-state index contributed by atoms with van der Waals surface area (Å²) in [4.78, 5) is 15.9. The molecule has 0 aliphatic heterocycles. The van der Waals surface area contributed by atoms with Crippen LogP contribution in [0.3, 0.4) is 0 Å². The van der Waals surface area contributed by atoms with Crippen molar-refractivity contribution in [1.82, 2.24) is 9.80 Å². The number of nitriles is 1. The standard InChI is InChI=1S/C14H27N3O/c1-6-17(10-13(4)9-15)14(18)11-16(5)8-7-12(2)3/h12-13H,6-8,10-11H2,1-5H3. The van der Waals surface area contributed by atoms with Crippen LogP contribution < -0.4 is 0 Å². The maximum absolute atomic E-state index is 12.1. The molecule has 0 saturated carbocycles. The van der Waals surface area contributed by atoms with Crippen molar-refractivity contribution in [3.8, 4) is 6.07 Å². The maximum Gasteiger partial charge on any atom is 0.236 e. The number of hydrogen-bond donors (Lipinski definition) is 0. The fourth-order valence-electron chi connectivity index (χ4n) is 1.67. The third-order valence-corrected chi connectivity index (χ3v) is 2.94. The second kappa shape index (κ2) is 8.93. The highest BCUT2D eigenvalue weighted by molar-refractivity contribution is 5.78. The Labute approximate surface area is 112 Å². The summed E-state index contributed by atoms with van der Waals surface area (Å²) in [5.41, 5.74) is 0. The Hall–Kier alpha value is -1.08. The second-order valence-corrected chi connectivity index (χ2v) is 5.38. The first-order valence-corrected chi connectivity index (χ1v) is 6.76. The van der Waals surface area contributed by atoms with Gasteiger partial charge in [-0.15, -0.1) is 0 Å². The average molecular weight is 253 g/mol. The number of rotatable bonds is 8. The van der Waals surface area contributed by atoms with Crippen LogP contribution in [0.4, 0.5) is 0 Å². The molecule has 1 amide bonds. The molecule has 4 heteroatoms. The molecule has 1 atom stereocenters. The molecule has 18 heavy (non-hydrogen) atoms. The summed E-state index contributed by atoms with van der Waals surface area (Å²) in [6, 6.07) is 2.17. The molecule has 0 radical (unpaired) electrons. The maximum atomic E-state index is 12.1. The lowest BCUT2D eigenvalue weighted by molar-refractivity contribution is -0.132. The van der Waals surface area contributed by atoms with Crippen LogP contribution in [0, 0.1) is 23.2 Å². The number of carbonyl (C=O) groups excluding carboxylic acids is 1. The van der Waals surface area contributed by atoms with Crippen LogP contribution in [0.25, 0.3) is 0 Å². The summed E-state index contributed by atoms with van der Waals surface area (Å²) in [5.74, 6) is 0.671. The van der Waals surface area contributed by atoms with Crippen molar-refractivity contribution in [1.29, 1.82) is 5.26 Å². The minimum Gasteiger partial charge on any atom is -0.341 e. The van der Waals surface area contributed by atoms with Gasteiger partial charge in [0.05, 0.1) is 18.5 Å². The topological polar surface area (TPSA) is 47.3 Å². The minimum atomic E-state index is -0.102. The van der Waals surface area contributed by atoms with Gasteiger partial charge in [0.2, 0.25) is 5.91 Å². The van der Waals surface area contributed by atoms with E-state index < -0.39 is 0 Å². The molecule has 104 valence electrons. The molecule has 0 aliphatic carbocycles. The molecule has 0 spiro atoms. The highest BCUT2D eigenvalue weighted by Gasteiger charge is 2.16. The molecule has 0 saturated heterocycles. The van der Waals surface area contributed by atoms with E-state index >= 15 is 0 Å². The van der Waals surface area contributed by atoms with E-state index in [-0.39, 0.29) is 11.8 Å². The van der Waals surface area contributed by atoms with Gasteiger partial charge < -0.3 is 4.90 Å². The SMILES string of the molecule is CCN(CC(C)C#N)C(=O)CN(C)CCC(C)C. The zero-order valence-corrected chi connectivity index (χ0v) is 12.4. The van der Waals surface area contributed by atoms with E-state index in [4.69, 9.17) is 5.26 Å². The molecule has 1 unspecified atom stereocenters. The van der Waals surface area contributed by atoms with Crippen LogP contribution in [0.15, 0.2) is 0 Å². The molecule has 0 aromatic carbocycles. The highest BCUT2D eigenvalue weighted by Crippen LogP contribution is 2.03. The van der Waals surface area contributed by atoms with Gasteiger partial charge in [0, 0.05) is 13.1 Å². The van der Waals surface area contributed by atoms with Gasteiger partial charge in [0.1, 0.15) is 0 Å². The van der Waals surface area contributed by atoms with Crippen molar-refractivity contribution in [2.75, 3.05) is 33.2 Å². The van der Waals surface area contributed by atoms with E-state index in [9.17, 15) is 4.79 Å². The lowest BCUT2D eigenvalue weighted by Crippen LogP contribution is -2.41. The second-order valence-electron chi connectivity index (χ2n) is 5.38. The highest BCUT2D eigenvalue weighted by atomic mass is 16.2. The van der Waals surface area contributed by atoms with E-state index in [0.717, 1.165) is 13.0 Å². The lowest BCUT2D eigenvalue weighted by Gasteiger charge is -2.25. The summed E-state index contributed by atoms with van der Waals surface area (Å²) < 4.78 is 0. The van der Waals surface area contributed by atoms with Gasteiger partial charge in [-0.05, 0) is 39.8 Å². The van der Waals surface area contributed by atoms with Gasteiger partial charge >= 0.3 is 0 Å². The predicted molar refractivity (Wildman–Crippen MR) is 74.0 cm³/mol. The van der Waals surface area contributed by atoms with E-state index in [1.54, 1.807) is 4.90 Å². The smallest absolute Gasteiger partial charge is 0.236 e. The summed E-state index contributed by atoms with van der Waals surface area (Å²) >= 11 is 0. The van der Waals surface area contributed by atoms with Gasteiger partial charge in [-0.2, -0.15) is 5.26 Å². The molecule has 0 fully saturated rings. The van der Waals surface area contributed by atoms with Gasteiger partial charge in [0.15, 0.2) is 0 Å². The molecule has 4 nitrogen and oxygen atoms in total. The Kier molecular flexibility index (Phi) is 8.40. The molecule has 0 bridgehead atoms. The number of carbonyl (C=O) groups is 1. The summed E-state index contributed by atoms with van der Waals surface area (Å²) in [6.45, 7) is 10.7. The normalized spacial score (nSPS) is 12.6. The molecule has 0 rings (SSSR count). The Morgan fingerprint density at radius 3 is 2.39 bits per heavy atom. The summed E-state index contributed by atoms with van der Waals surface area (Å²) in [5, 5.41) is 8.79. The van der Waals surface area contributed by atoms with Gasteiger partial charge in [-0.3, -0.25) is 9.69 Å². The van der Waals surface area contributed by atoms with E-state index in [2.05, 4.69) is 24.8 Å². The third kappa shape index (κ3) is 7.29. The van der Waals surface area contributed by atoms with E-state index in [0.29, 0.717) is 25.6 Å². The zero-order valence-electron chi connectivity index (χ0n) is 12.4. The summed E-state index contributed by atoms with van der Waals surface area (Å²) in [6.07, 6.45) is 1.10. The van der Waals surface area contributed by atoms with E-state index in [1.807, 2.05) is 20.9 Å². The van der Waals surface area contributed by atoms with Crippen LogP contribution in [0.5, 0.6) is 0 Å². The molecule has 0 heterocycles. The van der Waals surface area contributed by atoms with Crippen molar-refractivity contribution in [2.24, 2.45) is 11.8 Å². The Morgan fingerprint density at radius 1 is 1.33 bits per heavy atom. The largest absolute Gasteiger partial charge is 0.341 e. The Bertz CT molecular complexity index is 283. The van der Waals surface area contributed by atoms with Crippen molar-refractivity contribution in [2.45, 2.75) is 34.1 Å². The van der Waals surface area contributed by atoms with Crippen LogP contribution in [-0.2, 0) is 4.79 Å². The molecule has 0 aromatic rings. The number of amides is 1. The first-order chi connectivity index (χ1) is 8.40. The van der Waals surface area contributed by atoms with Gasteiger partial charge in [-0.25, -0.2) is 0 Å². The lowest BCUT2D eigenvalue weighted by atomic mass is 10.1. The Morgan fingerprint density at radius 2 is 1.94 bits per heavy atom. The molecule has 0 aromatic heterocycles. The number of hydrogen-bond acceptors (Lipinski definition) is 3. The Balaban J connectivity index is 4.15. The minimum absolute atomic E-state index is 0.102. The molecule has 0 aliphatic rings. The number of likely N-dealkylation sites (N-methyl/N-ethyl adjacent to an activating group) is 2. The average Bonchev–Trinajstić information content (AvgIpc) is 2.32. The quantitative estimate of drug-likeness (QED) is 0.664. The van der Waals surface area contributed by atoms with Crippen LogP contribution in [-0.4, -0.2) is 48.9 Å². The molecular formula is C14H27N3O. The van der Waals surface area contributed by atoms with Crippen LogP contribution in [0.1, 0.15) is 34.1 Å². The van der Waals surface area contributed by atoms with Gasteiger partial charge in [0.25, 0.3) is 0 Å². The fraction of sp³-hybridized carbons (Fsp3) is 0.857. The number of nitrogens with zero attached hydrogens (tertiary/aromatic N) is 3. The van der Waals surface area contributed by atoms with E-state index in [1.165, 1.54) is 0 Å². The predicted octanol–water partition coefficient (Wildman–Crippen LogP) is 1.97. The third-order valence-electron chi connectivity index (χ3n) is 2.94. The van der Waals surface area contributed by atoms with Gasteiger partial charge in [-0.1, -0.05) is 13.8 Å². The first kappa shape index (κ1) is 16.9. The fourth-order valence-corrected chi connectivity index (χ4v) is 1.67. The van der Waals surface area contributed by atoms with Crippen LogP contribution in [0.2, 0.25) is 0 Å². The van der Waals surface area contributed by atoms with Crippen molar-refractivity contribution >= 4 is 5.91 Å². The molecular weight excluding hydrogens is 226 g/mol. The first-order valence-electron chi connectivity index (χ1n) is 6.76. The van der Waals surface area contributed by atoms with Crippen molar-refractivity contribution < 1.29 is 4.79 Å². The monoisotopic (exact) mass is 253 g/mol. The van der Waals surface area contributed by atoms with Crippen molar-refractivity contribution in [3.63, 3.8) is 0 Å². The van der Waals surface area contributed by atoms with Crippen molar-refractivity contribution in [3.05, 3.63) is 0 Å². The molecule has 0 N–H and O–H groups in total. The van der Waals surface area contributed by atoms with Crippen LogP contribution >= 0.6 is 0 Å². The zero-order chi connectivity index (χ0) is 14.1.